The number of likely N-dealkylation sites (N-methyl/N-ethyl adjacent to an activating group) is 1. The van der Waals surface area contributed by atoms with Crippen LogP contribution in [-0.4, -0.2) is 36.5 Å². The van der Waals surface area contributed by atoms with Crippen LogP contribution in [0, 0.1) is 5.82 Å². The van der Waals surface area contributed by atoms with Crippen LogP contribution in [0.3, 0.4) is 0 Å². The fraction of sp³-hybridized carbons (Fsp3) is 0.562. The molecule has 21 heavy (non-hydrogen) atoms. The smallest absolute Gasteiger partial charge is 0.238 e. The first-order valence-electron chi connectivity index (χ1n) is 7.52. The van der Waals surface area contributed by atoms with E-state index in [0.29, 0.717) is 18.8 Å². The molecule has 0 aliphatic heterocycles. The zero-order valence-electron chi connectivity index (χ0n) is 12.6. The maximum absolute atomic E-state index is 12.8. The van der Waals surface area contributed by atoms with E-state index in [1.54, 1.807) is 12.1 Å². The molecule has 3 N–H and O–H groups in total. The highest BCUT2D eigenvalue weighted by molar-refractivity contribution is 5.92. The Morgan fingerprint density at radius 3 is 2.48 bits per heavy atom. The number of anilines is 1. The summed E-state index contributed by atoms with van der Waals surface area (Å²) in [6, 6.07) is 5.79. The van der Waals surface area contributed by atoms with Gasteiger partial charge in [-0.2, -0.15) is 0 Å². The van der Waals surface area contributed by atoms with Crippen LogP contribution in [0.2, 0.25) is 0 Å². The van der Waals surface area contributed by atoms with Gasteiger partial charge in [0, 0.05) is 17.8 Å². The van der Waals surface area contributed by atoms with Gasteiger partial charge in [0.05, 0.1) is 6.54 Å². The van der Waals surface area contributed by atoms with Crippen molar-refractivity contribution in [3.05, 3.63) is 30.1 Å². The van der Waals surface area contributed by atoms with Crippen LogP contribution in [0.15, 0.2) is 24.3 Å². The van der Waals surface area contributed by atoms with Crippen molar-refractivity contribution in [3.63, 3.8) is 0 Å². The molecule has 0 heterocycles. The molecule has 116 valence electrons. The third-order valence-corrected chi connectivity index (χ3v) is 4.48. The number of rotatable bonds is 5. The normalized spacial score (nSPS) is 17.7. The van der Waals surface area contributed by atoms with Crippen LogP contribution < -0.4 is 11.1 Å². The average Bonchev–Trinajstić information content (AvgIpc) is 2.50. The zero-order valence-corrected chi connectivity index (χ0v) is 12.6. The average molecular weight is 293 g/mol. The highest BCUT2D eigenvalue weighted by atomic mass is 19.1. The van der Waals surface area contributed by atoms with Crippen LogP contribution in [0.4, 0.5) is 10.1 Å². The van der Waals surface area contributed by atoms with E-state index in [4.69, 9.17) is 5.73 Å². The van der Waals surface area contributed by atoms with Crippen molar-refractivity contribution in [2.24, 2.45) is 5.73 Å². The SMILES string of the molecule is CN(CC(=O)Nc1ccc(F)cc1)C1(CN)CCCCC1. The van der Waals surface area contributed by atoms with Gasteiger partial charge in [-0.25, -0.2) is 4.39 Å². The predicted octanol–water partition coefficient (Wildman–Crippen LogP) is 2.36. The Morgan fingerprint density at radius 1 is 1.29 bits per heavy atom. The first kappa shape index (κ1) is 15.9. The molecule has 0 atom stereocenters. The van der Waals surface area contributed by atoms with Crippen molar-refractivity contribution < 1.29 is 9.18 Å². The van der Waals surface area contributed by atoms with Gasteiger partial charge in [-0.05, 0) is 44.2 Å². The topological polar surface area (TPSA) is 58.4 Å². The minimum atomic E-state index is -0.311. The van der Waals surface area contributed by atoms with Crippen LogP contribution >= 0.6 is 0 Å². The van der Waals surface area contributed by atoms with Crippen molar-refractivity contribution in [1.82, 2.24) is 4.90 Å². The molecule has 4 nitrogen and oxygen atoms in total. The van der Waals surface area contributed by atoms with Gasteiger partial charge in [0.25, 0.3) is 0 Å². The van der Waals surface area contributed by atoms with Crippen molar-refractivity contribution in [1.29, 1.82) is 0 Å². The number of halogens is 1. The summed E-state index contributed by atoms with van der Waals surface area (Å²) in [5.41, 5.74) is 6.52. The number of carbonyl (C=O) groups is 1. The second kappa shape index (κ2) is 7.00. The number of benzene rings is 1. The Labute approximate surface area is 125 Å². The first-order valence-corrected chi connectivity index (χ1v) is 7.52. The van der Waals surface area contributed by atoms with Gasteiger partial charge >= 0.3 is 0 Å². The lowest BCUT2D eigenvalue weighted by molar-refractivity contribution is -0.118. The van der Waals surface area contributed by atoms with E-state index in [-0.39, 0.29) is 17.3 Å². The third kappa shape index (κ3) is 4.02. The fourth-order valence-electron chi connectivity index (χ4n) is 3.07. The Kier molecular flexibility index (Phi) is 5.31. The predicted molar refractivity (Wildman–Crippen MR) is 82.5 cm³/mol. The fourth-order valence-corrected chi connectivity index (χ4v) is 3.07. The lowest BCUT2D eigenvalue weighted by Crippen LogP contribution is -2.55. The summed E-state index contributed by atoms with van der Waals surface area (Å²) in [5.74, 6) is -0.406. The summed E-state index contributed by atoms with van der Waals surface area (Å²) in [5, 5.41) is 2.79. The van der Waals surface area contributed by atoms with Gasteiger partial charge in [0.15, 0.2) is 0 Å². The van der Waals surface area contributed by atoms with E-state index in [9.17, 15) is 9.18 Å². The summed E-state index contributed by atoms with van der Waals surface area (Å²) < 4.78 is 12.8. The molecule has 1 saturated carbocycles. The standard InChI is InChI=1S/C16H24FN3O/c1-20(16(12-18)9-3-2-4-10-16)11-15(21)19-14-7-5-13(17)6-8-14/h5-8H,2-4,9-12,18H2,1H3,(H,19,21). The number of nitrogens with zero attached hydrogens (tertiary/aromatic N) is 1. The first-order chi connectivity index (χ1) is 10.1. The quantitative estimate of drug-likeness (QED) is 0.876. The summed E-state index contributed by atoms with van der Waals surface area (Å²) in [6.45, 7) is 0.877. The zero-order chi connectivity index (χ0) is 15.3. The molecular weight excluding hydrogens is 269 g/mol. The molecule has 1 aliphatic rings. The largest absolute Gasteiger partial charge is 0.329 e. The molecular formula is C16H24FN3O. The monoisotopic (exact) mass is 293 g/mol. The summed E-state index contributed by atoms with van der Waals surface area (Å²) in [7, 11) is 1.96. The number of hydrogen-bond donors (Lipinski definition) is 2. The molecule has 0 spiro atoms. The maximum atomic E-state index is 12.8. The summed E-state index contributed by atoms with van der Waals surface area (Å²) in [6.07, 6.45) is 5.67. The Morgan fingerprint density at radius 2 is 1.90 bits per heavy atom. The molecule has 0 bridgehead atoms. The molecule has 5 heteroatoms. The molecule has 0 radical (unpaired) electrons. The Hall–Kier alpha value is -1.46. The van der Waals surface area contributed by atoms with Gasteiger partial charge in [-0.15, -0.1) is 0 Å². The molecule has 1 aromatic carbocycles. The van der Waals surface area contributed by atoms with Crippen LogP contribution in [0.25, 0.3) is 0 Å². The number of nitrogens with one attached hydrogen (secondary N) is 1. The number of carbonyl (C=O) groups excluding carboxylic acids is 1. The van der Waals surface area contributed by atoms with Crippen molar-refractivity contribution in [2.45, 2.75) is 37.6 Å². The molecule has 0 unspecified atom stereocenters. The minimum Gasteiger partial charge on any atom is -0.329 e. The van der Waals surface area contributed by atoms with Crippen LogP contribution in [0.5, 0.6) is 0 Å². The van der Waals surface area contributed by atoms with Crippen molar-refractivity contribution in [3.8, 4) is 0 Å². The van der Waals surface area contributed by atoms with E-state index in [0.717, 1.165) is 12.8 Å². The van der Waals surface area contributed by atoms with Gasteiger partial charge in [-0.3, -0.25) is 9.69 Å². The van der Waals surface area contributed by atoms with E-state index in [1.165, 1.54) is 31.4 Å². The second-order valence-electron chi connectivity index (χ2n) is 5.90. The highest BCUT2D eigenvalue weighted by Crippen LogP contribution is 2.31. The molecule has 1 amide bonds. The second-order valence-corrected chi connectivity index (χ2v) is 5.90. The van der Waals surface area contributed by atoms with E-state index in [2.05, 4.69) is 10.2 Å². The van der Waals surface area contributed by atoms with E-state index < -0.39 is 0 Å². The lowest BCUT2D eigenvalue weighted by atomic mass is 9.80. The van der Waals surface area contributed by atoms with E-state index >= 15 is 0 Å². The minimum absolute atomic E-state index is 0.0572. The number of nitrogens with two attached hydrogens (primary N) is 1. The molecule has 1 aliphatic carbocycles. The van der Waals surface area contributed by atoms with Gasteiger partial charge in [0.1, 0.15) is 5.82 Å². The Bertz CT molecular complexity index is 469. The molecule has 0 saturated heterocycles. The highest BCUT2D eigenvalue weighted by Gasteiger charge is 2.35. The van der Waals surface area contributed by atoms with Gasteiger partial charge in [0.2, 0.25) is 5.91 Å². The van der Waals surface area contributed by atoms with E-state index in [1.807, 2.05) is 7.05 Å². The van der Waals surface area contributed by atoms with Crippen LogP contribution in [-0.2, 0) is 4.79 Å². The van der Waals surface area contributed by atoms with Crippen molar-refractivity contribution >= 4 is 11.6 Å². The van der Waals surface area contributed by atoms with Crippen molar-refractivity contribution in [2.75, 3.05) is 25.5 Å². The number of hydrogen-bond acceptors (Lipinski definition) is 3. The number of amides is 1. The van der Waals surface area contributed by atoms with Gasteiger partial charge < -0.3 is 11.1 Å². The molecule has 1 aromatic rings. The summed E-state index contributed by atoms with van der Waals surface area (Å²) >= 11 is 0. The van der Waals surface area contributed by atoms with Gasteiger partial charge in [-0.1, -0.05) is 19.3 Å². The maximum Gasteiger partial charge on any atom is 0.238 e. The summed E-state index contributed by atoms with van der Waals surface area (Å²) in [4.78, 5) is 14.2. The molecule has 0 aromatic heterocycles. The third-order valence-electron chi connectivity index (χ3n) is 4.48. The Balaban J connectivity index is 1.93. The molecule has 1 fully saturated rings. The lowest BCUT2D eigenvalue weighted by Gasteiger charge is -2.43. The molecule has 2 rings (SSSR count). The van der Waals surface area contributed by atoms with Crippen LogP contribution in [0.1, 0.15) is 32.1 Å².